The van der Waals surface area contributed by atoms with Crippen molar-refractivity contribution in [3.05, 3.63) is 42.0 Å². The van der Waals surface area contributed by atoms with E-state index < -0.39 is 0 Å². The van der Waals surface area contributed by atoms with Gasteiger partial charge in [-0.15, -0.1) is 0 Å². The zero-order chi connectivity index (χ0) is 13.0. The fourth-order valence-corrected chi connectivity index (χ4v) is 1.49. The Bertz CT molecular complexity index is 493. The quantitative estimate of drug-likeness (QED) is 0.888. The summed E-state index contributed by atoms with van der Waals surface area (Å²) in [6, 6.07) is 4.12. The highest BCUT2D eigenvalue weighted by Gasteiger charge is 2.03. The maximum atomic E-state index is 5.71. The molecule has 5 nitrogen and oxygen atoms in total. The normalized spacial score (nSPS) is 12.2. The summed E-state index contributed by atoms with van der Waals surface area (Å²) in [7, 11) is 0. The average molecular weight is 244 g/mol. The molecule has 2 aromatic heterocycles. The van der Waals surface area contributed by atoms with Gasteiger partial charge in [0.2, 0.25) is 0 Å². The van der Waals surface area contributed by atoms with Crippen LogP contribution >= 0.6 is 0 Å². The molecule has 5 heteroatoms. The van der Waals surface area contributed by atoms with Gasteiger partial charge in [-0.05, 0) is 38.0 Å². The summed E-state index contributed by atoms with van der Waals surface area (Å²) < 4.78 is 5.48. The first-order valence-electron chi connectivity index (χ1n) is 5.80. The minimum absolute atomic E-state index is 0.0988. The van der Waals surface area contributed by atoms with E-state index in [0.717, 1.165) is 17.7 Å². The van der Waals surface area contributed by atoms with Gasteiger partial charge in [0.05, 0.1) is 6.20 Å². The van der Waals surface area contributed by atoms with E-state index in [2.05, 4.69) is 15.0 Å². The summed E-state index contributed by atoms with van der Waals surface area (Å²) in [5.41, 5.74) is 7.64. The Labute approximate surface area is 106 Å². The number of aromatic nitrogens is 3. The molecule has 0 aliphatic heterocycles. The summed E-state index contributed by atoms with van der Waals surface area (Å²) in [4.78, 5) is 12.4. The first-order valence-corrected chi connectivity index (χ1v) is 5.80. The van der Waals surface area contributed by atoms with Crippen molar-refractivity contribution in [3.8, 4) is 11.8 Å². The monoisotopic (exact) mass is 244 g/mol. The molecule has 0 radical (unpaired) electrons. The number of hydrogen-bond acceptors (Lipinski definition) is 5. The lowest BCUT2D eigenvalue weighted by Crippen LogP contribution is -2.17. The van der Waals surface area contributed by atoms with Crippen molar-refractivity contribution < 1.29 is 4.74 Å². The Morgan fingerprint density at radius 2 is 1.89 bits per heavy atom. The van der Waals surface area contributed by atoms with Crippen LogP contribution in [-0.4, -0.2) is 21.0 Å². The van der Waals surface area contributed by atoms with E-state index in [9.17, 15) is 0 Å². The molecule has 0 saturated carbocycles. The number of pyridine rings is 1. The number of aryl methyl sites for hydroxylation is 1. The van der Waals surface area contributed by atoms with Gasteiger partial charge >= 0.3 is 6.01 Å². The molecule has 0 fully saturated rings. The number of ether oxygens (including phenoxy) is 1. The van der Waals surface area contributed by atoms with Gasteiger partial charge < -0.3 is 10.5 Å². The van der Waals surface area contributed by atoms with Gasteiger partial charge in [0.1, 0.15) is 5.75 Å². The second-order valence-corrected chi connectivity index (χ2v) is 4.29. The highest BCUT2D eigenvalue weighted by atomic mass is 16.5. The number of hydrogen-bond donors (Lipinski definition) is 1. The van der Waals surface area contributed by atoms with Crippen LogP contribution in [0.1, 0.15) is 18.2 Å². The van der Waals surface area contributed by atoms with E-state index in [4.69, 9.17) is 10.5 Å². The maximum Gasteiger partial charge on any atom is 0.321 e. The molecule has 0 amide bonds. The predicted molar refractivity (Wildman–Crippen MR) is 68.4 cm³/mol. The Kier molecular flexibility index (Phi) is 3.84. The highest BCUT2D eigenvalue weighted by molar-refractivity contribution is 5.22. The summed E-state index contributed by atoms with van der Waals surface area (Å²) in [6.07, 6.45) is 5.86. The van der Waals surface area contributed by atoms with E-state index in [1.165, 1.54) is 0 Å². The lowest BCUT2D eigenvalue weighted by atomic mass is 10.1. The zero-order valence-corrected chi connectivity index (χ0v) is 10.5. The van der Waals surface area contributed by atoms with Gasteiger partial charge in [0.25, 0.3) is 0 Å². The number of nitrogens with two attached hydrogens (primary N) is 1. The number of nitrogens with zero attached hydrogens (tertiary/aromatic N) is 3. The molecule has 2 aromatic rings. The van der Waals surface area contributed by atoms with Crippen LogP contribution in [0.25, 0.3) is 0 Å². The van der Waals surface area contributed by atoms with Crippen LogP contribution in [0.2, 0.25) is 0 Å². The molecule has 0 saturated heterocycles. The van der Waals surface area contributed by atoms with Gasteiger partial charge in [-0.2, -0.15) is 0 Å². The standard InChI is InChI=1S/C13H16N4O/c1-9(14)5-11-6-16-13(17-7-11)18-12-4-3-10(2)15-8-12/h3-4,6-9H,5,14H2,1-2H3. The van der Waals surface area contributed by atoms with Crippen LogP contribution in [0.15, 0.2) is 30.7 Å². The third kappa shape index (κ3) is 3.49. The molecule has 0 aliphatic carbocycles. The molecular formula is C13H16N4O. The third-order valence-electron chi connectivity index (χ3n) is 2.33. The van der Waals surface area contributed by atoms with Gasteiger partial charge in [-0.1, -0.05) is 0 Å². The second kappa shape index (κ2) is 5.55. The van der Waals surface area contributed by atoms with Gasteiger partial charge in [-0.3, -0.25) is 4.98 Å². The SMILES string of the molecule is Cc1ccc(Oc2ncc(CC(C)N)cn2)cn1. The van der Waals surface area contributed by atoms with Crippen LogP contribution in [0.4, 0.5) is 0 Å². The zero-order valence-electron chi connectivity index (χ0n) is 10.5. The van der Waals surface area contributed by atoms with E-state index >= 15 is 0 Å². The summed E-state index contributed by atoms with van der Waals surface area (Å²) in [6.45, 7) is 3.87. The predicted octanol–water partition coefficient (Wildman–Crippen LogP) is 1.86. The Morgan fingerprint density at radius 1 is 1.17 bits per heavy atom. The molecule has 0 spiro atoms. The molecule has 18 heavy (non-hydrogen) atoms. The van der Waals surface area contributed by atoms with Crippen LogP contribution < -0.4 is 10.5 Å². The highest BCUT2D eigenvalue weighted by Crippen LogP contribution is 2.16. The topological polar surface area (TPSA) is 73.9 Å². The minimum atomic E-state index is 0.0988. The summed E-state index contributed by atoms with van der Waals surface area (Å²) in [5.74, 6) is 0.626. The molecule has 0 aliphatic rings. The lowest BCUT2D eigenvalue weighted by molar-refractivity contribution is 0.438. The van der Waals surface area contributed by atoms with E-state index in [1.54, 1.807) is 18.6 Å². The third-order valence-corrected chi connectivity index (χ3v) is 2.33. The Hall–Kier alpha value is -2.01. The van der Waals surface area contributed by atoms with Crippen LogP contribution in [0.3, 0.4) is 0 Å². The molecule has 0 bridgehead atoms. The lowest BCUT2D eigenvalue weighted by Gasteiger charge is -2.06. The Balaban J connectivity index is 2.04. The molecule has 0 aromatic carbocycles. The van der Waals surface area contributed by atoms with E-state index in [-0.39, 0.29) is 6.04 Å². The van der Waals surface area contributed by atoms with Crippen molar-refractivity contribution in [1.29, 1.82) is 0 Å². The largest absolute Gasteiger partial charge is 0.423 e. The molecule has 94 valence electrons. The van der Waals surface area contributed by atoms with Crippen LogP contribution in [-0.2, 0) is 6.42 Å². The smallest absolute Gasteiger partial charge is 0.321 e. The fourth-order valence-electron chi connectivity index (χ4n) is 1.49. The van der Waals surface area contributed by atoms with E-state index in [0.29, 0.717) is 11.8 Å². The van der Waals surface area contributed by atoms with Crippen molar-refractivity contribution in [2.45, 2.75) is 26.3 Å². The van der Waals surface area contributed by atoms with Gasteiger partial charge in [-0.25, -0.2) is 9.97 Å². The van der Waals surface area contributed by atoms with Crippen LogP contribution in [0.5, 0.6) is 11.8 Å². The van der Waals surface area contributed by atoms with Crippen molar-refractivity contribution in [1.82, 2.24) is 15.0 Å². The summed E-state index contributed by atoms with van der Waals surface area (Å²) >= 11 is 0. The van der Waals surface area contributed by atoms with Gasteiger partial charge in [0.15, 0.2) is 0 Å². The average Bonchev–Trinajstić information content (AvgIpc) is 2.34. The first kappa shape index (κ1) is 12.4. The summed E-state index contributed by atoms with van der Waals surface area (Å²) in [5, 5.41) is 0. The van der Waals surface area contributed by atoms with Gasteiger partial charge in [0, 0.05) is 24.1 Å². The fraction of sp³-hybridized carbons (Fsp3) is 0.308. The first-order chi connectivity index (χ1) is 8.63. The Morgan fingerprint density at radius 3 is 2.44 bits per heavy atom. The van der Waals surface area contributed by atoms with Crippen LogP contribution in [0, 0.1) is 6.92 Å². The second-order valence-electron chi connectivity index (χ2n) is 4.29. The molecule has 1 atom stereocenters. The van der Waals surface area contributed by atoms with Crippen molar-refractivity contribution >= 4 is 0 Å². The minimum Gasteiger partial charge on any atom is -0.423 e. The molecular weight excluding hydrogens is 228 g/mol. The number of rotatable bonds is 4. The van der Waals surface area contributed by atoms with Crippen molar-refractivity contribution in [3.63, 3.8) is 0 Å². The molecule has 2 rings (SSSR count). The molecule has 2 N–H and O–H groups in total. The van der Waals surface area contributed by atoms with E-state index in [1.807, 2.05) is 26.0 Å². The molecule has 2 heterocycles. The van der Waals surface area contributed by atoms with Crippen molar-refractivity contribution in [2.75, 3.05) is 0 Å². The maximum absolute atomic E-state index is 5.71. The van der Waals surface area contributed by atoms with Crippen molar-refractivity contribution in [2.24, 2.45) is 5.73 Å². The molecule has 1 unspecified atom stereocenters.